The van der Waals surface area contributed by atoms with E-state index in [1.165, 1.54) is 12.1 Å². The van der Waals surface area contributed by atoms with E-state index in [4.69, 9.17) is 17.3 Å². The second kappa shape index (κ2) is 5.07. The van der Waals surface area contributed by atoms with Crippen LogP contribution >= 0.6 is 11.6 Å². The van der Waals surface area contributed by atoms with Gasteiger partial charge in [-0.15, -0.1) is 0 Å². The number of benzene rings is 1. The largest absolute Gasteiger partial charge is 0.362 e. The molecule has 1 heterocycles. The Labute approximate surface area is 108 Å². The van der Waals surface area contributed by atoms with Gasteiger partial charge in [-0.2, -0.15) is 0 Å². The highest BCUT2D eigenvalue weighted by atomic mass is 35.5. The number of nitro benzene ring substituents is 1. The molecule has 1 saturated heterocycles. The van der Waals surface area contributed by atoms with Gasteiger partial charge in [0.15, 0.2) is 11.5 Å². The van der Waals surface area contributed by atoms with Gasteiger partial charge < -0.3 is 10.6 Å². The van der Waals surface area contributed by atoms with Crippen LogP contribution in [0.3, 0.4) is 0 Å². The molecule has 0 unspecified atom stereocenters. The van der Waals surface area contributed by atoms with Gasteiger partial charge in [0.2, 0.25) is 0 Å². The van der Waals surface area contributed by atoms with Crippen molar-refractivity contribution in [2.24, 2.45) is 5.73 Å². The predicted molar refractivity (Wildman–Crippen MR) is 67.5 cm³/mol. The van der Waals surface area contributed by atoms with Crippen LogP contribution in [0, 0.1) is 15.9 Å². The van der Waals surface area contributed by atoms with Gasteiger partial charge in [-0.05, 0) is 18.9 Å². The molecule has 1 fully saturated rings. The molecule has 1 aliphatic rings. The van der Waals surface area contributed by atoms with Gasteiger partial charge in [0, 0.05) is 25.2 Å². The second-order valence-corrected chi connectivity index (χ2v) is 4.74. The fourth-order valence-electron chi connectivity index (χ4n) is 2.19. The summed E-state index contributed by atoms with van der Waals surface area (Å²) < 4.78 is 14.0. The zero-order chi connectivity index (χ0) is 13.3. The van der Waals surface area contributed by atoms with Crippen LogP contribution < -0.4 is 10.6 Å². The Morgan fingerprint density at radius 2 is 2.28 bits per heavy atom. The van der Waals surface area contributed by atoms with Crippen molar-refractivity contribution in [2.45, 2.75) is 18.9 Å². The zero-order valence-electron chi connectivity index (χ0n) is 9.60. The van der Waals surface area contributed by atoms with E-state index in [2.05, 4.69) is 0 Å². The molecule has 0 radical (unpaired) electrons. The van der Waals surface area contributed by atoms with E-state index in [1.807, 2.05) is 0 Å². The van der Waals surface area contributed by atoms with Gasteiger partial charge in [-0.25, -0.2) is 4.39 Å². The first-order chi connectivity index (χ1) is 8.50. The fourth-order valence-corrected chi connectivity index (χ4v) is 2.34. The lowest BCUT2D eigenvalue weighted by molar-refractivity contribution is -0.384. The molecule has 0 amide bonds. The van der Waals surface area contributed by atoms with Crippen LogP contribution in [0.4, 0.5) is 15.8 Å². The molecule has 1 aromatic rings. The minimum atomic E-state index is -0.750. The SMILES string of the molecule is N[C@@H]1CCCN(c2c([N+](=O)[O-])ccc(Cl)c2F)C1. The summed E-state index contributed by atoms with van der Waals surface area (Å²) in [6.07, 6.45) is 1.62. The number of anilines is 1. The molecule has 2 N–H and O–H groups in total. The van der Waals surface area contributed by atoms with E-state index in [0.29, 0.717) is 13.1 Å². The molecule has 1 atom stereocenters. The molecule has 0 saturated carbocycles. The molecule has 5 nitrogen and oxygen atoms in total. The van der Waals surface area contributed by atoms with E-state index >= 15 is 0 Å². The van der Waals surface area contributed by atoms with Crippen LogP contribution in [0.25, 0.3) is 0 Å². The molecule has 7 heteroatoms. The minimum Gasteiger partial charge on any atom is -0.362 e. The van der Waals surface area contributed by atoms with Gasteiger partial charge in [-0.1, -0.05) is 11.6 Å². The molecule has 1 aromatic carbocycles. The van der Waals surface area contributed by atoms with Crippen molar-refractivity contribution in [3.8, 4) is 0 Å². The lowest BCUT2D eigenvalue weighted by Crippen LogP contribution is -2.43. The standard InChI is InChI=1S/C11H13ClFN3O2/c12-8-3-4-9(16(17)18)11(10(8)13)15-5-1-2-7(14)6-15/h3-4,7H,1-2,5-6,14H2/t7-/m1/s1. The maximum absolute atomic E-state index is 14.0. The Morgan fingerprint density at radius 3 is 2.89 bits per heavy atom. The van der Waals surface area contributed by atoms with Crippen LogP contribution in [0.2, 0.25) is 5.02 Å². The Morgan fingerprint density at radius 1 is 1.56 bits per heavy atom. The van der Waals surface area contributed by atoms with Crippen molar-refractivity contribution < 1.29 is 9.31 Å². The van der Waals surface area contributed by atoms with Crippen molar-refractivity contribution in [1.29, 1.82) is 0 Å². The van der Waals surface area contributed by atoms with E-state index in [9.17, 15) is 14.5 Å². The highest BCUT2D eigenvalue weighted by Gasteiger charge is 2.28. The van der Waals surface area contributed by atoms with Crippen molar-refractivity contribution in [2.75, 3.05) is 18.0 Å². The third-order valence-electron chi connectivity index (χ3n) is 3.02. The maximum atomic E-state index is 14.0. The summed E-state index contributed by atoms with van der Waals surface area (Å²) in [4.78, 5) is 11.9. The average molecular weight is 274 g/mol. The normalized spacial score (nSPS) is 19.9. The van der Waals surface area contributed by atoms with Gasteiger partial charge in [0.1, 0.15) is 0 Å². The summed E-state index contributed by atoms with van der Waals surface area (Å²) in [6, 6.07) is 2.32. The van der Waals surface area contributed by atoms with Crippen molar-refractivity contribution in [3.63, 3.8) is 0 Å². The molecule has 0 aliphatic carbocycles. The number of piperidine rings is 1. The molecular formula is C11H13ClFN3O2. The van der Waals surface area contributed by atoms with Gasteiger partial charge in [0.25, 0.3) is 5.69 Å². The fraction of sp³-hybridized carbons (Fsp3) is 0.455. The van der Waals surface area contributed by atoms with Gasteiger partial charge in [-0.3, -0.25) is 10.1 Å². The van der Waals surface area contributed by atoms with Crippen molar-refractivity contribution >= 4 is 23.0 Å². The molecule has 0 bridgehead atoms. The Bertz CT molecular complexity index is 484. The topological polar surface area (TPSA) is 72.4 Å². The second-order valence-electron chi connectivity index (χ2n) is 4.33. The number of nitrogens with zero attached hydrogens (tertiary/aromatic N) is 2. The van der Waals surface area contributed by atoms with E-state index in [-0.39, 0.29) is 22.4 Å². The smallest absolute Gasteiger partial charge is 0.295 e. The highest BCUT2D eigenvalue weighted by Crippen LogP contribution is 2.36. The van der Waals surface area contributed by atoms with Crippen molar-refractivity contribution in [3.05, 3.63) is 33.1 Å². The van der Waals surface area contributed by atoms with Gasteiger partial charge in [0.05, 0.1) is 9.95 Å². The summed E-state index contributed by atoms with van der Waals surface area (Å²) in [6.45, 7) is 0.948. The number of nitro groups is 1. The van der Waals surface area contributed by atoms with Gasteiger partial charge >= 0.3 is 0 Å². The summed E-state index contributed by atoms with van der Waals surface area (Å²) in [5.74, 6) is -0.750. The first kappa shape index (κ1) is 13.0. The number of nitrogens with two attached hydrogens (primary N) is 1. The molecule has 0 aromatic heterocycles. The number of hydrogen-bond acceptors (Lipinski definition) is 4. The quantitative estimate of drug-likeness (QED) is 0.663. The molecule has 18 heavy (non-hydrogen) atoms. The first-order valence-electron chi connectivity index (χ1n) is 5.63. The maximum Gasteiger partial charge on any atom is 0.295 e. The molecular weight excluding hydrogens is 261 g/mol. The Hall–Kier alpha value is -1.40. The Kier molecular flexibility index (Phi) is 3.68. The van der Waals surface area contributed by atoms with E-state index < -0.39 is 10.7 Å². The first-order valence-corrected chi connectivity index (χ1v) is 6.01. The number of rotatable bonds is 2. The molecule has 98 valence electrons. The third-order valence-corrected chi connectivity index (χ3v) is 3.31. The average Bonchev–Trinajstić information content (AvgIpc) is 2.32. The molecule has 1 aliphatic heterocycles. The molecule has 2 rings (SSSR count). The van der Waals surface area contributed by atoms with Crippen molar-refractivity contribution in [1.82, 2.24) is 0 Å². The van der Waals surface area contributed by atoms with Crippen LogP contribution in [0.5, 0.6) is 0 Å². The minimum absolute atomic E-state index is 0.0531. The van der Waals surface area contributed by atoms with Crippen LogP contribution in [0.1, 0.15) is 12.8 Å². The lowest BCUT2D eigenvalue weighted by atomic mass is 10.1. The summed E-state index contributed by atoms with van der Waals surface area (Å²) >= 11 is 5.69. The summed E-state index contributed by atoms with van der Waals surface area (Å²) in [5, 5.41) is 10.8. The Balaban J connectivity index is 2.46. The van der Waals surface area contributed by atoms with E-state index in [0.717, 1.165) is 12.8 Å². The summed E-state index contributed by atoms with van der Waals surface area (Å²) in [7, 11) is 0. The van der Waals surface area contributed by atoms with Crippen LogP contribution in [-0.2, 0) is 0 Å². The number of hydrogen-bond donors (Lipinski definition) is 1. The monoisotopic (exact) mass is 273 g/mol. The highest BCUT2D eigenvalue weighted by molar-refractivity contribution is 6.31. The van der Waals surface area contributed by atoms with Crippen LogP contribution in [-0.4, -0.2) is 24.1 Å². The summed E-state index contributed by atoms with van der Waals surface area (Å²) in [5.41, 5.74) is 5.48. The van der Waals surface area contributed by atoms with E-state index in [1.54, 1.807) is 4.90 Å². The lowest BCUT2D eigenvalue weighted by Gasteiger charge is -2.32. The third kappa shape index (κ3) is 2.39. The predicted octanol–water partition coefficient (Wildman–Crippen LogP) is 2.31. The zero-order valence-corrected chi connectivity index (χ0v) is 10.4. The van der Waals surface area contributed by atoms with Crippen LogP contribution in [0.15, 0.2) is 12.1 Å². The molecule has 0 spiro atoms. The number of halogens is 2.